The van der Waals surface area contributed by atoms with E-state index in [0.717, 1.165) is 13.0 Å². The Morgan fingerprint density at radius 2 is 1.95 bits per heavy atom. The minimum absolute atomic E-state index is 0.121. The Morgan fingerprint density at radius 3 is 2.64 bits per heavy atom. The molecule has 39 heavy (non-hydrogen) atoms. The number of imidazole rings is 1. The van der Waals surface area contributed by atoms with Crippen molar-refractivity contribution in [2.24, 2.45) is 5.41 Å². The molecule has 3 heterocycles. The highest BCUT2D eigenvalue weighted by Gasteiger charge is 2.40. The molecule has 4 rings (SSSR count). The summed E-state index contributed by atoms with van der Waals surface area (Å²) in [7, 11) is 3.98. The van der Waals surface area contributed by atoms with Gasteiger partial charge in [-0.25, -0.2) is 19.3 Å². The number of benzene rings is 1. The van der Waals surface area contributed by atoms with Gasteiger partial charge < -0.3 is 30.0 Å². The number of H-pyrrole nitrogens is 1. The lowest BCUT2D eigenvalue weighted by atomic mass is 9.91. The van der Waals surface area contributed by atoms with Gasteiger partial charge in [0.2, 0.25) is 18.1 Å². The first kappa shape index (κ1) is 28.1. The van der Waals surface area contributed by atoms with Gasteiger partial charge in [0, 0.05) is 24.8 Å². The molecule has 0 aliphatic carbocycles. The molecule has 1 fully saturated rings. The molecule has 2 aromatic heterocycles. The van der Waals surface area contributed by atoms with E-state index >= 15 is 0 Å². The minimum atomic E-state index is -0.833. The van der Waals surface area contributed by atoms with Crippen molar-refractivity contribution in [2.75, 3.05) is 52.3 Å². The van der Waals surface area contributed by atoms with E-state index in [1.165, 1.54) is 12.1 Å². The van der Waals surface area contributed by atoms with Gasteiger partial charge in [0.15, 0.2) is 5.82 Å². The van der Waals surface area contributed by atoms with Crippen LogP contribution >= 0.6 is 0 Å². The van der Waals surface area contributed by atoms with Crippen LogP contribution in [0.4, 0.5) is 10.3 Å². The lowest BCUT2D eigenvalue weighted by molar-refractivity contribution is -0.231. The maximum Gasteiger partial charge on any atom is 0.230 e. The quantitative estimate of drug-likeness (QED) is 0.315. The van der Waals surface area contributed by atoms with Crippen molar-refractivity contribution in [1.82, 2.24) is 30.2 Å². The molecule has 206 valence electrons. The van der Waals surface area contributed by atoms with Gasteiger partial charge in [0.25, 0.3) is 0 Å². The van der Waals surface area contributed by atoms with Gasteiger partial charge in [0.05, 0.1) is 48.2 Å². The van der Waals surface area contributed by atoms with Crippen LogP contribution in [-0.2, 0) is 14.3 Å². The second-order valence-corrected chi connectivity index (χ2v) is 9.88. The Bertz CT molecular complexity index is 1300. The number of aromatic nitrogens is 4. The van der Waals surface area contributed by atoms with Crippen LogP contribution in [0.25, 0.3) is 22.6 Å². The Labute approximate surface area is 226 Å². The van der Waals surface area contributed by atoms with Crippen molar-refractivity contribution < 1.29 is 18.7 Å². The average molecular weight is 537 g/mol. The summed E-state index contributed by atoms with van der Waals surface area (Å²) in [4.78, 5) is 31.6. The number of hydrogen-bond acceptors (Lipinski definition) is 9. The molecule has 0 spiro atoms. The van der Waals surface area contributed by atoms with Gasteiger partial charge in [-0.15, -0.1) is 0 Å². The first-order valence-corrected chi connectivity index (χ1v) is 12.8. The third kappa shape index (κ3) is 7.14. The lowest BCUT2D eigenvalue weighted by Crippen LogP contribution is -2.49. The fraction of sp³-hybridized carbons (Fsp3) is 0.444. The fourth-order valence-electron chi connectivity index (χ4n) is 4.03. The van der Waals surface area contributed by atoms with Crippen molar-refractivity contribution in [1.29, 1.82) is 5.26 Å². The second kappa shape index (κ2) is 12.8. The predicted octanol–water partition coefficient (Wildman–Crippen LogP) is 3.12. The fourth-order valence-corrected chi connectivity index (χ4v) is 4.03. The Morgan fingerprint density at radius 1 is 1.21 bits per heavy atom. The van der Waals surface area contributed by atoms with Gasteiger partial charge >= 0.3 is 0 Å². The summed E-state index contributed by atoms with van der Waals surface area (Å²) < 4.78 is 25.6. The zero-order valence-corrected chi connectivity index (χ0v) is 22.3. The van der Waals surface area contributed by atoms with E-state index in [4.69, 9.17) is 19.7 Å². The number of amides is 1. The largest absolute Gasteiger partial charge is 0.355 e. The number of anilines is 1. The van der Waals surface area contributed by atoms with Crippen molar-refractivity contribution in [3.63, 3.8) is 0 Å². The maximum atomic E-state index is 13.6. The molecule has 1 aromatic carbocycles. The molecule has 1 aliphatic heterocycles. The van der Waals surface area contributed by atoms with Crippen molar-refractivity contribution >= 4 is 11.9 Å². The number of halogens is 1. The van der Waals surface area contributed by atoms with Crippen LogP contribution in [0.2, 0.25) is 0 Å². The van der Waals surface area contributed by atoms with Crippen molar-refractivity contribution in [3.05, 3.63) is 48.2 Å². The Hall–Kier alpha value is -3.92. The summed E-state index contributed by atoms with van der Waals surface area (Å²) in [5, 5.41) is 14.8. The predicted molar refractivity (Wildman–Crippen MR) is 143 cm³/mol. The van der Waals surface area contributed by atoms with Crippen LogP contribution in [0.5, 0.6) is 0 Å². The van der Waals surface area contributed by atoms with E-state index in [0.29, 0.717) is 53.9 Å². The molecule has 0 radical (unpaired) electrons. The van der Waals surface area contributed by atoms with Crippen LogP contribution in [0.3, 0.4) is 0 Å². The van der Waals surface area contributed by atoms with E-state index in [9.17, 15) is 9.18 Å². The van der Waals surface area contributed by atoms with Crippen LogP contribution < -0.4 is 10.6 Å². The summed E-state index contributed by atoms with van der Waals surface area (Å²) in [5.41, 5.74) is 1.48. The number of rotatable bonds is 11. The first-order valence-electron chi connectivity index (χ1n) is 12.8. The molecular weight excluding hydrogens is 503 g/mol. The minimum Gasteiger partial charge on any atom is -0.355 e. The lowest BCUT2D eigenvalue weighted by Gasteiger charge is -2.35. The van der Waals surface area contributed by atoms with Gasteiger partial charge in [0.1, 0.15) is 5.82 Å². The zero-order valence-electron chi connectivity index (χ0n) is 22.3. The van der Waals surface area contributed by atoms with Crippen LogP contribution in [0.1, 0.15) is 31.9 Å². The molecule has 0 bridgehead atoms. The van der Waals surface area contributed by atoms with E-state index in [1.807, 2.05) is 21.0 Å². The molecule has 0 saturated carbocycles. The standard InChI is InChI=1S/C27H33FN8O3/c1-27(25(37)30-13-5-15-36(2)3)16-38-24(39-17-27)23-34-21(18-6-8-19(28)9-7-18)22(35-23)20-10-14-32-26(33-20)31-12-4-11-29/h6-10,14,24H,4-5,12-13,15-17H2,1-3H3,(H,30,37)(H,34,35)(H,31,32,33). The smallest absolute Gasteiger partial charge is 0.230 e. The summed E-state index contributed by atoms with van der Waals surface area (Å²) >= 11 is 0. The highest BCUT2D eigenvalue weighted by atomic mass is 19.1. The maximum absolute atomic E-state index is 13.6. The van der Waals surface area contributed by atoms with Gasteiger partial charge in [-0.1, -0.05) is 0 Å². The summed E-state index contributed by atoms with van der Waals surface area (Å²) in [5.74, 6) is 0.279. The summed E-state index contributed by atoms with van der Waals surface area (Å²) in [6.07, 6.45) is 1.93. The van der Waals surface area contributed by atoms with Gasteiger partial charge in [-0.2, -0.15) is 5.26 Å². The Balaban J connectivity index is 1.53. The molecule has 3 aromatic rings. The van der Waals surface area contributed by atoms with Crippen LogP contribution in [-0.4, -0.2) is 77.7 Å². The number of ether oxygens (including phenoxy) is 2. The number of nitriles is 1. The molecule has 3 N–H and O–H groups in total. The van der Waals surface area contributed by atoms with Crippen LogP contribution in [0, 0.1) is 22.6 Å². The molecule has 1 amide bonds. The average Bonchev–Trinajstić information content (AvgIpc) is 3.37. The van der Waals surface area contributed by atoms with Crippen LogP contribution in [0.15, 0.2) is 36.5 Å². The highest BCUT2D eigenvalue weighted by molar-refractivity contribution is 5.82. The molecule has 0 unspecified atom stereocenters. The molecule has 1 saturated heterocycles. The summed E-state index contributed by atoms with van der Waals surface area (Å²) in [6, 6.07) is 9.77. The number of nitrogens with one attached hydrogen (secondary N) is 3. The normalized spacial score (nSPS) is 19.0. The third-order valence-corrected chi connectivity index (χ3v) is 6.22. The third-order valence-electron chi connectivity index (χ3n) is 6.22. The van der Waals surface area contributed by atoms with Crippen molar-refractivity contribution in [2.45, 2.75) is 26.1 Å². The zero-order chi connectivity index (χ0) is 27.8. The number of aromatic amines is 1. The highest BCUT2D eigenvalue weighted by Crippen LogP contribution is 2.35. The molecule has 11 nitrogen and oxygen atoms in total. The van der Waals surface area contributed by atoms with Crippen molar-refractivity contribution in [3.8, 4) is 28.7 Å². The van der Waals surface area contributed by atoms with E-state index < -0.39 is 11.7 Å². The first-order chi connectivity index (χ1) is 18.8. The molecular formula is C27H33FN8O3. The number of nitrogens with zero attached hydrogens (tertiary/aromatic N) is 5. The van der Waals surface area contributed by atoms with E-state index in [-0.39, 0.29) is 24.9 Å². The van der Waals surface area contributed by atoms with Gasteiger partial charge in [-0.3, -0.25) is 4.79 Å². The molecule has 1 aliphatic rings. The number of carbonyl (C=O) groups is 1. The number of hydrogen-bond donors (Lipinski definition) is 3. The summed E-state index contributed by atoms with van der Waals surface area (Å²) in [6.45, 7) is 3.98. The van der Waals surface area contributed by atoms with E-state index in [1.54, 1.807) is 24.4 Å². The molecule has 0 atom stereocenters. The SMILES string of the molecule is CN(C)CCCNC(=O)C1(C)COC(c2nc(-c3ccc(F)cc3)c(-c3ccnc(NCCC#N)n3)[nH]2)OC1. The number of carbonyl (C=O) groups excluding carboxylic acids is 1. The monoisotopic (exact) mass is 536 g/mol. The topological polar surface area (TPSA) is 141 Å². The molecule has 12 heteroatoms. The van der Waals surface area contributed by atoms with E-state index in [2.05, 4.69) is 36.6 Å². The second-order valence-electron chi connectivity index (χ2n) is 9.88. The van der Waals surface area contributed by atoms with Gasteiger partial charge in [-0.05, 0) is 64.3 Å². The Kier molecular flexibility index (Phi) is 9.19.